The van der Waals surface area contributed by atoms with Crippen LogP contribution in [-0.4, -0.2) is 32.2 Å². The van der Waals surface area contributed by atoms with Gasteiger partial charge in [-0.05, 0) is 42.8 Å². The van der Waals surface area contributed by atoms with E-state index in [1.54, 1.807) is 36.4 Å². The molecule has 0 fully saturated rings. The number of hydrogen-bond donors (Lipinski definition) is 0. The number of nitriles is 1. The summed E-state index contributed by atoms with van der Waals surface area (Å²) < 4.78 is 21.5. The van der Waals surface area contributed by atoms with E-state index in [9.17, 15) is 4.79 Å². The molecule has 0 bridgehead atoms. The number of ether oxygens (including phenoxy) is 4. The van der Waals surface area contributed by atoms with Gasteiger partial charge in [0.15, 0.2) is 23.8 Å². The zero-order chi connectivity index (χ0) is 19.9. The van der Waals surface area contributed by atoms with Crippen molar-refractivity contribution in [1.82, 2.24) is 0 Å². The SMILES string of the molecule is CCOc1ccccc1C1=N/C(=C\c2ccc(OCC#N)c(OC)c2)C(=O)O1. The van der Waals surface area contributed by atoms with Crippen molar-refractivity contribution in [2.24, 2.45) is 4.99 Å². The summed E-state index contributed by atoms with van der Waals surface area (Å²) in [7, 11) is 1.50. The number of cyclic esters (lactones) is 1. The minimum Gasteiger partial charge on any atom is -0.493 e. The van der Waals surface area contributed by atoms with Gasteiger partial charge < -0.3 is 18.9 Å². The number of hydrogen-bond acceptors (Lipinski definition) is 7. The zero-order valence-corrected chi connectivity index (χ0v) is 15.5. The summed E-state index contributed by atoms with van der Waals surface area (Å²) in [6.45, 7) is 2.28. The Bertz CT molecular complexity index is 989. The smallest absolute Gasteiger partial charge is 0.363 e. The van der Waals surface area contributed by atoms with Crippen LogP contribution in [0.2, 0.25) is 0 Å². The van der Waals surface area contributed by atoms with E-state index in [1.807, 2.05) is 25.1 Å². The Hall–Kier alpha value is -3.79. The molecule has 7 heteroatoms. The first-order chi connectivity index (χ1) is 13.7. The molecular weight excluding hydrogens is 360 g/mol. The van der Waals surface area contributed by atoms with E-state index in [1.165, 1.54) is 7.11 Å². The minimum atomic E-state index is -0.551. The Morgan fingerprint density at radius 2 is 1.96 bits per heavy atom. The summed E-state index contributed by atoms with van der Waals surface area (Å²) in [6.07, 6.45) is 1.59. The van der Waals surface area contributed by atoms with Gasteiger partial charge in [-0.25, -0.2) is 9.79 Å². The molecule has 28 heavy (non-hydrogen) atoms. The second-order valence-corrected chi connectivity index (χ2v) is 5.62. The van der Waals surface area contributed by atoms with Gasteiger partial charge in [-0.3, -0.25) is 0 Å². The van der Waals surface area contributed by atoms with Crippen molar-refractivity contribution in [2.45, 2.75) is 6.92 Å². The van der Waals surface area contributed by atoms with E-state index in [2.05, 4.69) is 4.99 Å². The molecular formula is C21H18N2O5. The molecule has 0 spiro atoms. The van der Waals surface area contributed by atoms with Crippen molar-refractivity contribution < 1.29 is 23.7 Å². The molecule has 0 amide bonds. The van der Waals surface area contributed by atoms with Crippen molar-refractivity contribution in [1.29, 1.82) is 5.26 Å². The third-order valence-electron chi connectivity index (χ3n) is 3.82. The number of esters is 1. The molecule has 0 radical (unpaired) electrons. The van der Waals surface area contributed by atoms with Crippen LogP contribution in [0.5, 0.6) is 17.2 Å². The maximum Gasteiger partial charge on any atom is 0.363 e. The summed E-state index contributed by atoms with van der Waals surface area (Å²) in [4.78, 5) is 16.6. The maximum absolute atomic E-state index is 12.3. The Balaban J connectivity index is 1.91. The predicted molar refractivity (Wildman–Crippen MR) is 102 cm³/mol. The molecule has 1 aliphatic rings. The number of para-hydroxylation sites is 1. The number of methoxy groups -OCH3 is 1. The molecule has 0 saturated heterocycles. The van der Waals surface area contributed by atoms with Gasteiger partial charge in [0.25, 0.3) is 0 Å². The molecule has 3 rings (SSSR count). The van der Waals surface area contributed by atoms with E-state index in [4.69, 9.17) is 24.2 Å². The molecule has 0 aliphatic carbocycles. The average molecular weight is 378 g/mol. The molecule has 0 N–H and O–H groups in total. The predicted octanol–water partition coefficient (Wildman–Crippen LogP) is 3.34. The van der Waals surface area contributed by atoms with Gasteiger partial charge in [-0.2, -0.15) is 5.26 Å². The lowest BCUT2D eigenvalue weighted by molar-refractivity contribution is -0.129. The molecule has 0 saturated carbocycles. The third-order valence-corrected chi connectivity index (χ3v) is 3.82. The van der Waals surface area contributed by atoms with E-state index < -0.39 is 5.97 Å². The topological polar surface area (TPSA) is 90.1 Å². The molecule has 0 aromatic heterocycles. The zero-order valence-electron chi connectivity index (χ0n) is 15.5. The largest absolute Gasteiger partial charge is 0.493 e. The van der Waals surface area contributed by atoms with Crippen LogP contribution in [0.25, 0.3) is 6.08 Å². The van der Waals surface area contributed by atoms with Crippen LogP contribution < -0.4 is 14.2 Å². The Labute approximate surface area is 162 Å². The highest BCUT2D eigenvalue weighted by Gasteiger charge is 2.26. The highest BCUT2D eigenvalue weighted by atomic mass is 16.6. The number of carbonyl (C=O) groups is 1. The number of carbonyl (C=O) groups excluding carboxylic acids is 1. The van der Waals surface area contributed by atoms with Crippen molar-refractivity contribution >= 4 is 17.9 Å². The fourth-order valence-corrected chi connectivity index (χ4v) is 2.61. The molecule has 0 atom stereocenters. The number of rotatable bonds is 7. The number of nitrogens with zero attached hydrogens (tertiary/aromatic N) is 2. The molecule has 1 heterocycles. The van der Waals surface area contributed by atoms with Crippen LogP contribution >= 0.6 is 0 Å². The van der Waals surface area contributed by atoms with Gasteiger partial charge in [-0.15, -0.1) is 0 Å². The van der Waals surface area contributed by atoms with Gasteiger partial charge in [0.2, 0.25) is 5.90 Å². The van der Waals surface area contributed by atoms with Crippen LogP contribution in [0.15, 0.2) is 53.2 Å². The third kappa shape index (κ3) is 4.13. The van der Waals surface area contributed by atoms with Crippen LogP contribution in [0.4, 0.5) is 0 Å². The van der Waals surface area contributed by atoms with Crippen LogP contribution in [-0.2, 0) is 9.53 Å². The lowest BCUT2D eigenvalue weighted by Crippen LogP contribution is -2.07. The summed E-state index contributed by atoms with van der Waals surface area (Å²) in [5, 5.41) is 8.64. The lowest BCUT2D eigenvalue weighted by Gasteiger charge is -2.08. The monoisotopic (exact) mass is 378 g/mol. The Morgan fingerprint density at radius 3 is 2.71 bits per heavy atom. The van der Waals surface area contributed by atoms with Gasteiger partial charge in [0, 0.05) is 0 Å². The highest BCUT2D eigenvalue weighted by molar-refractivity contribution is 6.13. The summed E-state index contributed by atoms with van der Waals surface area (Å²) in [5.74, 6) is 1.13. The average Bonchev–Trinajstić information content (AvgIpc) is 3.07. The highest BCUT2D eigenvalue weighted by Crippen LogP contribution is 2.30. The fraction of sp³-hybridized carbons (Fsp3) is 0.190. The molecule has 2 aromatic carbocycles. The molecule has 7 nitrogen and oxygen atoms in total. The molecule has 142 valence electrons. The van der Waals surface area contributed by atoms with E-state index in [0.29, 0.717) is 35.0 Å². The molecule has 0 unspecified atom stereocenters. The first kappa shape index (κ1) is 19.0. The molecule has 1 aliphatic heterocycles. The molecule has 2 aromatic rings. The normalized spacial score (nSPS) is 14.2. The quantitative estimate of drug-likeness (QED) is 0.542. The summed E-state index contributed by atoms with van der Waals surface area (Å²) in [6, 6.07) is 14.2. The second kappa shape index (κ2) is 8.73. The lowest BCUT2D eigenvalue weighted by atomic mass is 10.1. The van der Waals surface area contributed by atoms with Gasteiger partial charge >= 0.3 is 5.97 Å². The van der Waals surface area contributed by atoms with E-state index in [-0.39, 0.29) is 18.2 Å². The van der Waals surface area contributed by atoms with Crippen molar-refractivity contribution in [2.75, 3.05) is 20.3 Å². The van der Waals surface area contributed by atoms with Gasteiger partial charge in [0.1, 0.15) is 11.8 Å². The minimum absolute atomic E-state index is 0.0873. The van der Waals surface area contributed by atoms with Crippen molar-refractivity contribution in [3.05, 3.63) is 59.3 Å². The maximum atomic E-state index is 12.3. The van der Waals surface area contributed by atoms with E-state index >= 15 is 0 Å². The number of benzene rings is 2. The van der Waals surface area contributed by atoms with E-state index in [0.717, 1.165) is 0 Å². The first-order valence-corrected chi connectivity index (χ1v) is 8.58. The second-order valence-electron chi connectivity index (χ2n) is 5.62. The Kier molecular flexibility index (Phi) is 5.92. The summed E-state index contributed by atoms with van der Waals surface area (Å²) in [5.41, 5.74) is 1.45. The standard InChI is InChI=1S/C21H18N2O5/c1-3-26-17-7-5-4-6-15(17)20-23-16(21(24)28-20)12-14-8-9-18(27-11-10-22)19(13-14)25-2/h4-9,12-13H,3,11H2,1-2H3/b16-12-. The van der Waals surface area contributed by atoms with Crippen LogP contribution in [0.1, 0.15) is 18.1 Å². The van der Waals surface area contributed by atoms with Crippen molar-refractivity contribution in [3.8, 4) is 23.3 Å². The number of aliphatic imine (C=N–C) groups is 1. The van der Waals surface area contributed by atoms with Crippen LogP contribution in [0.3, 0.4) is 0 Å². The van der Waals surface area contributed by atoms with Gasteiger partial charge in [-0.1, -0.05) is 18.2 Å². The van der Waals surface area contributed by atoms with Crippen LogP contribution in [0, 0.1) is 11.3 Å². The van der Waals surface area contributed by atoms with Gasteiger partial charge in [0.05, 0.1) is 19.3 Å². The summed E-state index contributed by atoms with van der Waals surface area (Å²) >= 11 is 0. The Morgan fingerprint density at radius 1 is 1.14 bits per heavy atom. The first-order valence-electron chi connectivity index (χ1n) is 8.58. The fourth-order valence-electron chi connectivity index (χ4n) is 2.61. The van der Waals surface area contributed by atoms with Crippen molar-refractivity contribution in [3.63, 3.8) is 0 Å².